The van der Waals surface area contributed by atoms with Gasteiger partial charge in [0.15, 0.2) is 0 Å². The number of rotatable bonds is 2. The van der Waals surface area contributed by atoms with Crippen molar-refractivity contribution in [3.05, 3.63) is 35.6 Å². The topological polar surface area (TPSA) is 40.5 Å². The van der Waals surface area contributed by atoms with Gasteiger partial charge in [0.25, 0.3) is 0 Å². The van der Waals surface area contributed by atoms with Gasteiger partial charge in [0, 0.05) is 0 Å². The van der Waals surface area contributed by atoms with Gasteiger partial charge in [-0.25, -0.2) is 4.39 Å². The summed E-state index contributed by atoms with van der Waals surface area (Å²) in [5.41, 5.74) is 0.520. The van der Waals surface area contributed by atoms with Crippen LogP contribution in [0.3, 0.4) is 0 Å². The Morgan fingerprint density at radius 3 is 2.08 bits per heavy atom. The van der Waals surface area contributed by atoms with Gasteiger partial charge in [-0.15, -0.1) is 0 Å². The van der Waals surface area contributed by atoms with Crippen LogP contribution in [0.1, 0.15) is 18.6 Å². The van der Waals surface area contributed by atoms with E-state index in [1.165, 1.54) is 31.2 Å². The van der Waals surface area contributed by atoms with Crippen molar-refractivity contribution in [3.8, 4) is 0 Å². The van der Waals surface area contributed by atoms with Crippen LogP contribution >= 0.6 is 0 Å². The Morgan fingerprint density at radius 1 is 1.17 bits per heavy atom. The molecule has 1 aromatic carbocycles. The molecular weight excluding hydrogens is 159 g/mol. The first kappa shape index (κ1) is 9.16. The van der Waals surface area contributed by atoms with Gasteiger partial charge in [-0.05, 0) is 24.6 Å². The second-order valence-electron chi connectivity index (χ2n) is 2.74. The van der Waals surface area contributed by atoms with Crippen LogP contribution in [0.25, 0.3) is 0 Å². The highest BCUT2D eigenvalue weighted by Gasteiger charge is 2.12. The van der Waals surface area contributed by atoms with E-state index >= 15 is 0 Å². The lowest BCUT2D eigenvalue weighted by atomic mass is 10.1. The summed E-state index contributed by atoms with van der Waals surface area (Å²) in [7, 11) is 0. The molecule has 1 rings (SSSR count). The minimum atomic E-state index is -0.939. The van der Waals surface area contributed by atoms with Gasteiger partial charge in [-0.1, -0.05) is 12.1 Å². The molecule has 0 heterocycles. The van der Waals surface area contributed by atoms with Crippen LogP contribution in [0.5, 0.6) is 0 Å². The Balaban J connectivity index is 2.82. The molecule has 66 valence electrons. The highest BCUT2D eigenvalue weighted by molar-refractivity contribution is 5.19. The summed E-state index contributed by atoms with van der Waals surface area (Å²) in [5.74, 6) is -0.350. The first-order chi connectivity index (χ1) is 5.61. The monoisotopic (exact) mass is 170 g/mol. The smallest absolute Gasteiger partial charge is 0.123 e. The van der Waals surface area contributed by atoms with Crippen molar-refractivity contribution < 1.29 is 14.6 Å². The van der Waals surface area contributed by atoms with Crippen LogP contribution < -0.4 is 0 Å². The Kier molecular flexibility index (Phi) is 2.78. The normalized spacial score (nSPS) is 15.7. The van der Waals surface area contributed by atoms with Crippen molar-refractivity contribution in [2.45, 2.75) is 19.1 Å². The quantitative estimate of drug-likeness (QED) is 0.701. The Morgan fingerprint density at radius 2 is 1.67 bits per heavy atom. The zero-order valence-corrected chi connectivity index (χ0v) is 6.74. The molecular formula is C9H11FO2. The van der Waals surface area contributed by atoms with Crippen molar-refractivity contribution >= 4 is 0 Å². The Bertz CT molecular complexity index is 243. The average Bonchev–Trinajstić information content (AvgIpc) is 2.04. The molecule has 0 spiro atoms. The molecule has 0 amide bonds. The second-order valence-corrected chi connectivity index (χ2v) is 2.74. The van der Waals surface area contributed by atoms with E-state index in [1.807, 2.05) is 0 Å². The Hall–Kier alpha value is -0.930. The number of hydrogen-bond donors (Lipinski definition) is 2. The predicted octanol–water partition coefficient (Wildman–Crippen LogP) is 1.24. The molecule has 0 fully saturated rings. The highest BCUT2D eigenvalue weighted by Crippen LogP contribution is 2.16. The van der Waals surface area contributed by atoms with Crippen molar-refractivity contribution in [1.82, 2.24) is 0 Å². The lowest BCUT2D eigenvalue weighted by Gasteiger charge is -2.13. The summed E-state index contributed by atoms with van der Waals surface area (Å²) in [6.07, 6.45) is -1.78. The van der Waals surface area contributed by atoms with E-state index in [0.29, 0.717) is 5.56 Å². The van der Waals surface area contributed by atoms with Gasteiger partial charge in [0.2, 0.25) is 0 Å². The molecule has 0 saturated heterocycles. The van der Waals surface area contributed by atoms with E-state index in [4.69, 9.17) is 5.11 Å². The summed E-state index contributed by atoms with van der Waals surface area (Å²) in [4.78, 5) is 0. The standard InChI is InChI=1S/C9H11FO2/c1-6(11)9(12)7-2-4-8(10)5-3-7/h2-6,9,11-12H,1H3/t6-,9+/m0/s1. The third-order valence-corrected chi connectivity index (χ3v) is 1.67. The fraction of sp³-hybridized carbons (Fsp3) is 0.333. The SMILES string of the molecule is C[C@H](O)[C@@H](O)c1ccc(F)cc1. The number of hydrogen-bond acceptors (Lipinski definition) is 2. The number of halogens is 1. The predicted molar refractivity (Wildman–Crippen MR) is 43.0 cm³/mol. The summed E-state index contributed by atoms with van der Waals surface area (Å²) in [6.45, 7) is 1.48. The van der Waals surface area contributed by atoms with E-state index in [2.05, 4.69) is 0 Å². The first-order valence-corrected chi connectivity index (χ1v) is 3.73. The number of aliphatic hydroxyl groups is 2. The molecule has 12 heavy (non-hydrogen) atoms. The molecule has 0 saturated carbocycles. The van der Waals surface area contributed by atoms with Crippen molar-refractivity contribution in [1.29, 1.82) is 0 Å². The maximum atomic E-state index is 12.4. The zero-order chi connectivity index (χ0) is 9.14. The van der Waals surface area contributed by atoms with Gasteiger partial charge in [0.05, 0.1) is 6.10 Å². The molecule has 0 radical (unpaired) electrons. The molecule has 2 nitrogen and oxygen atoms in total. The number of benzene rings is 1. The molecule has 1 aromatic rings. The van der Waals surface area contributed by atoms with Crippen LogP contribution in [0.15, 0.2) is 24.3 Å². The number of aliphatic hydroxyl groups excluding tert-OH is 2. The minimum Gasteiger partial charge on any atom is -0.390 e. The molecule has 0 aliphatic rings. The zero-order valence-electron chi connectivity index (χ0n) is 6.74. The van der Waals surface area contributed by atoms with E-state index in [0.717, 1.165) is 0 Å². The van der Waals surface area contributed by atoms with E-state index in [1.54, 1.807) is 0 Å². The molecule has 2 atom stereocenters. The second kappa shape index (κ2) is 3.65. The maximum absolute atomic E-state index is 12.4. The first-order valence-electron chi connectivity index (χ1n) is 3.73. The van der Waals surface area contributed by atoms with Crippen LogP contribution in [-0.4, -0.2) is 16.3 Å². The summed E-state index contributed by atoms with van der Waals surface area (Å²) < 4.78 is 12.4. The summed E-state index contributed by atoms with van der Waals surface area (Å²) in [5, 5.41) is 18.3. The van der Waals surface area contributed by atoms with E-state index < -0.39 is 12.2 Å². The lowest BCUT2D eigenvalue weighted by molar-refractivity contribution is 0.0305. The fourth-order valence-electron chi connectivity index (χ4n) is 0.938. The van der Waals surface area contributed by atoms with Crippen molar-refractivity contribution in [3.63, 3.8) is 0 Å². The molecule has 0 bridgehead atoms. The maximum Gasteiger partial charge on any atom is 0.123 e. The van der Waals surface area contributed by atoms with Gasteiger partial charge in [0.1, 0.15) is 11.9 Å². The molecule has 0 aromatic heterocycles. The van der Waals surface area contributed by atoms with Gasteiger partial charge in [-0.2, -0.15) is 0 Å². The van der Waals surface area contributed by atoms with Crippen LogP contribution in [0, 0.1) is 5.82 Å². The van der Waals surface area contributed by atoms with Crippen molar-refractivity contribution in [2.24, 2.45) is 0 Å². The third kappa shape index (κ3) is 2.03. The average molecular weight is 170 g/mol. The largest absolute Gasteiger partial charge is 0.390 e. The van der Waals surface area contributed by atoms with Gasteiger partial charge in [-0.3, -0.25) is 0 Å². The van der Waals surface area contributed by atoms with Crippen LogP contribution in [0.2, 0.25) is 0 Å². The van der Waals surface area contributed by atoms with Crippen molar-refractivity contribution in [2.75, 3.05) is 0 Å². The molecule has 0 unspecified atom stereocenters. The molecule has 2 N–H and O–H groups in total. The van der Waals surface area contributed by atoms with Gasteiger partial charge < -0.3 is 10.2 Å². The Labute approximate surface area is 70.3 Å². The van der Waals surface area contributed by atoms with Crippen LogP contribution in [0.4, 0.5) is 4.39 Å². The fourth-order valence-corrected chi connectivity index (χ4v) is 0.938. The summed E-state index contributed by atoms with van der Waals surface area (Å²) >= 11 is 0. The third-order valence-electron chi connectivity index (χ3n) is 1.67. The van der Waals surface area contributed by atoms with E-state index in [-0.39, 0.29) is 5.82 Å². The van der Waals surface area contributed by atoms with E-state index in [9.17, 15) is 9.50 Å². The summed E-state index contributed by atoms with van der Waals surface area (Å²) in [6, 6.07) is 5.40. The molecule has 0 aliphatic heterocycles. The minimum absolute atomic E-state index is 0.350. The lowest BCUT2D eigenvalue weighted by Crippen LogP contribution is -2.13. The van der Waals surface area contributed by atoms with Gasteiger partial charge >= 0.3 is 0 Å². The molecule has 0 aliphatic carbocycles. The molecule has 3 heteroatoms. The van der Waals surface area contributed by atoms with Crippen LogP contribution in [-0.2, 0) is 0 Å². The highest BCUT2D eigenvalue weighted by atomic mass is 19.1.